The zero-order chi connectivity index (χ0) is 23.1. The maximum Gasteiger partial charge on any atom is 0.243 e. The number of rotatable bonds is 4. The van der Waals surface area contributed by atoms with Crippen LogP contribution in [0.3, 0.4) is 0 Å². The number of carbonyl (C=O) groups is 2. The standard InChI is InChI=1S/C24H26Cl2N4O2S/c25-17-2-4-20(19(26)12-17)29-9-7-28(8-10-29)13-15-1-3-18-16(11-15)14-30(24(18)33)21-5-6-22(31)27-23(21)32/h1-4,11-12,21,24,33H,5-10,13-14H2,(H,27,31,32). The molecule has 2 amide bonds. The number of nitrogens with zero attached hydrogens (tertiary/aromatic N) is 3. The summed E-state index contributed by atoms with van der Waals surface area (Å²) in [6.45, 7) is 5.28. The highest BCUT2D eigenvalue weighted by atomic mass is 35.5. The summed E-state index contributed by atoms with van der Waals surface area (Å²) in [4.78, 5) is 30.7. The van der Waals surface area contributed by atoms with Crippen LogP contribution in [0, 0.1) is 0 Å². The molecule has 6 nitrogen and oxygen atoms in total. The third-order valence-electron chi connectivity index (χ3n) is 6.79. The van der Waals surface area contributed by atoms with Gasteiger partial charge in [-0.15, -0.1) is 0 Å². The number of hydrogen-bond acceptors (Lipinski definition) is 6. The van der Waals surface area contributed by atoms with E-state index in [1.165, 1.54) is 11.1 Å². The first-order valence-electron chi connectivity index (χ1n) is 11.2. The van der Waals surface area contributed by atoms with E-state index < -0.39 is 0 Å². The number of amides is 2. The Morgan fingerprint density at radius 1 is 1.03 bits per heavy atom. The number of carbonyl (C=O) groups excluding carboxylic acids is 2. The van der Waals surface area contributed by atoms with Crippen molar-refractivity contribution in [1.29, 1.82) is 0 Å². The monoisotopic (exact) mass is 504 g/mol. The summed E-state index contributed by atoms with van der Waals surface area (Å²) in [5.74, 6) is -0.401. The van der Waals surface area contributed by atoms with E-state index in [-0.39, 0.29) is 23.2 Å². The predicted molar refractivity (Wildman–Crippen MR) is 134 cm³/mol. The van der Waals surface area contributed by atoms with Crippen molar-refractivity contribution in [2.45, 2.75) is 37.3 Å². The quantitative estimate of drug-likeness (QED) is 0.488. The van der Waals surface area contributed by atoms with Gasteiger partial charge in [0.2, 0.25) is 11.8 Å². The minimum Gasteiger partial charge on any atom is -0.368 e. The Labute approximate surface area is 209 Å². The number of halogens is 2. The van der Waals surface area contributed by atoms with E-state index in [1.807, 2.05) is 12.1 Å². The Kier molecular flexibility index (Phi) is 6.60. The van der Waals surface area contributed by atoms with Crippen LogP contribution in [0.4, 0.5) is 5.69 Å². The molecule has 2 fully saturated rings. The molecule has 1 N–H and O–H groups in total. The van der Waals surface area contributed by atoms with Gasteiger partial charge in [0.25, 0.3) is 0 Å². The largest absolute Gasteiger partial charge is 0.368 e. The zero-order valence-corrected chi connectivity index (χ0v) is 20.5. The maximum absolute atomic E-state index is 12.4. The number of piperidine rings is 1. The Morgan fingerprint density at radius 2 is 1.82 bits per heavy atom. The van der Waals surface area contributed by atoms with Gasteiger partial charge in [0, 0.05) is 50.7 Å². The summed E-state index contributed by atoms with van der Waals surface area (Å²) >= 11 is 17.2. The highest BCUT2D eigenvalue weighted by Gasteiger charge is 2.39. The van der Waals surface area contributed by atoms with E-state index in [0.717, 1.165) is 44.0 Å². The first-order valence-corrected chi connectivity index (χ1v) is 12.5. The Morgan fingerprint density at radius 3 is 2.55 bits per heavy atom. The average molecular weight is 505 g/mol. The summed E-state index contributed by atoms with van der Waals surface area (Å²) in [6, 6.07) is 11.9. The van der Waals surface area contributed by atoms with Gasteiger partial charge >= 0.3 is 0 Å². The lowest BCUT2D eigenvalue weighted by Crippen LogP contribution is -2.51. The molecule has 3 aliphatic heterocycles. The second kappa shape index (κ2) is 9.47. The zero-order valence-electron chi connectivity index (χ0n) is 18.1. The topological polar surface area (TPSA) is 55.9 Å². The molecule has 2 aromatic rings. The van der Waals surface area contributed by atoms with Crippen LogP contribution in [0.2, 0.25) is 10.0 Å². The number of anilines is 1. The van der Waals surface area contributed by atoms with Crippen LogP contribution in [-0.4, -0.2) is 53.8 Å². The lowest BCUT2D eigenvalue weighted by molar-refractivity contribution is -0.137. The molecule has 0 aromatic heterocycles. The van der Waals surface area contributed by atoms with Gasteiger partial charge in [-0.25, -0.2) is 0 Å². The van der Waals surface area contributed by atoms with E-state index in [9.17, 15) is 9.59 Å². The summed E-state index contributed by atoms with van der Waals surface area (Å²) in [5.41, 5.74) is 4.65. The third kappa shape index (κ3) is 4.75. The predicted octanol–water partition coefficient (Wildman–Crippen LogP) is 3.86. The molecule has 2 unspecified atom stereocenters. The lowest BCUT2D eigenvalue weighted by Gasteiger charge is -2.36. The second-order valence-corrected chi connectivity index (χ2v) is 10.2. The van der Waals surface area contributed by atoms with Crippen LogP contribution in [0.5, 0.6) is 0 Å². The van der Waals surface area contributed by atoms with Crippen molar-refractivity contribution in [1.82, 2.24) is 15.1 Å². The molecule has 3 aliphatic rings. The SMILES string of the molecule is O=C1CCC(N2Cc3cc(CN4CCN(c5ccc(Cl)cc5Cl)CC4)ccc3C2S)C(=O)N1. The highest BCUT2D eigenvalue weighted by Crippen LogP contribution is 2.39. The molecule has 0 aliphatic carbocycles. The highest BCUT2D eigenvalue weighted by molar-refractivity contribution is 7.80. The fourth-order valence-corrected chi connectivity index (χ4v) is 6.05. The van der Waals surface area contributed by atoms with Gasteiger partial charge in [-0.2, -0.15) is 12.6 Å². The number of thiol groups is 1. The number of fused-ring (bicyclic) bond motifs is 1. The molecule has 174 valence electrons. The van der Waals surface area contributed by atoms with Gasteiger partial charge < -0.3 is 4.90 Å². The molecule has 3 heterocycles. The summed E-state index contributed by atoms with van der Waals surface area (Å²) in [6.07, 6.45) is 0.923. The van der Waals surface area contributed by atoms with Crippen molar-refractivity contribution in [3.63, 3.8) is 0 Å². The first kappa shape index (κ1) is 23.0. The van der Waals surface area contributed by atoms with Crippen LogP contribution in [0.15, 0.2) is 36.4 Å². The minimum absolute atomic E-state index is 0.134. The molecule has 2 aromatic carbocycles. The van der Waals surface area contributed by atoms with Crippen LogP contribution >= 0.6 is 35.8 Å². The second-order valence-electron chi connectivity index (χ2n) is 8.90. The van der Waals surface area contributed by atoms with E-state index in [0.29, 0.717) is 29.4 Å². The van der Waals surface area contributed by atoms with Gasteiger partial charge in [0.15, 0.2) is 0 Å². The maximum atomic E-state index is 12.4. The molecular formula is C24H26Cl2N4O2S. The van der Waals surface area contributed by atoms with Gasteiger partial charge in [-0.1, -0.05) is 41.4 Å². The van der Waals surface area contributed by atoms with E-state index in [1.54, 1.807) is 6.07 Å². The molecule has 0 spiro atoms. The number of nitrogens with one attached hydrogen (secondary N) is 1. The van der Waals surface area contributed by atoms with Crippen LogP contribution < -0.4 is 10.2 Å². The summed E-state index contributed by atoms with van der Waals surface area (Å²) in [7, 11) is 0. The van der Waals surface area contributed by atoms with Crippen molar-refractivity contribution >= 4 is 53.3 Å². The Hall–Kier alpha value is -1.77. The van der Waals surface area contributed by atoms with E-state index >= 15 is 0 Å². The van der Waals surface area contributed by atoms with E-state index in [4.69, 9.17) is 35.8 Å². The molecule has 0 saturated carbocycles. The molecule has 2 saturated heterocycles. The fraction of sp³-hybridized carbons (Fsp3) is 0.417. The summed E-state index contributed by atoms with van der Waals surface area (Å²) in [5, 5.41) is 3.67. The lowest BCUT2D eigenvalue weighted by atomic mass is 10.0. The molecule has 9 heteroatoms. The Bertz CT molecular complexity index is 1090. The van der Waals surface area contributed by atoms with Crippen molar-refractivity contribution < 1.29 is 9.59 Å². The molecule has 2 atom stereocenters. The number of imide groups is 1. The van der Waals surface area contributed by atoms with Crippen molar-refractivity contribution in [2.24, 2.45) is 0 Å². The van der Waals surface area contributed by atoms with Crippen molar-refractivity contribution in [2.75, 3.05) is 31.1 Å². The van der Waals surface area contributed by atoms with Gasteiger partial charge in [0.1, 0.15) is 0 Å². The van der Waals surface area contributed by atoms with Gasteiger partial charge in [-0.05, 0) is 41.3 Å². The minimum atomic E-state index is -0.311. The number of benzene rings is 2. The third-order valence-corrected chi connectivity index (χ3v) is 7.90. The fourth-order valence-electron chi connectivity index (χ4n) is 5.03. The number of piperazine rings is 1. The van der Waals surface area contributed by atoms with Gasteiger partial charge in [0.05, 0.1) is 22.1 Å². The van der Waals surface area contributed by atoms with Crippen LogP contribution in [0.1, 0.15) is 34.9 Å². The van der Waals surface area contributed by atoms with Crippen LogP contribution in [0.25, 0.3) is 0 Å². The Balaban J connectivity index is 1.21. The van der Waals surface area contributed by atoms with Gasteiger partial charge in [-0.3, -0.25) is 24.7 Å². The van der Waals surface area contributed by atoms with Crippen molar-refractivity contribution in [3.8, 4) is 0 Å². The molecule has 0 bridgehead atoms. The molecule has 5 rings (SSSR count). The molecular weight excluding hydrogens is 479 g/mol. The summed E-state index contributed by atoms with van der Waals surface area (Å²) < 4.78 is 0. The molecule has 33 heavy (non-hydrogen) atoms. The average Bonchev–Trinajstić information content (AvgIpc) is 3.10. The first-order chi connectivity index (χ1) is 15.9. The normalized spacial score (nSPS) is 24.2. The van der Waals surface area contributed by atoms with Crippen LogP contribution in [-0.2, 0) is 22.7 Å². The smallest absolute Gasteiger partial charge is 0.243 e. The van der Waals surface area contributed by atoms with E-state index in [2.05, 4.69) is 38.2 Å². The molecule has 0 radical (unpaired) electrons. The number of hydrogen-bond donors (Lipinski definition) is 2. The van der Waals surface area contributed by atoms with Crippen molar-refractivity contribution in [3.05, 3.63) is 63.1 Å².